The second kappa shape index (κ2) is 10.4. The maximum atomic E-state index is 6.38. The minimum absolute atomic E-state index is 0.909. The zero-order valence-corrected chi connectivity index (χ0v) is 25.8. The molecule has 0 bridgehead atoms. The van der Waals surface area contributed by atoms with Gasteiger partial charge < -0.3 is 4.42 Å². The fourth-order valence-electron chi connectivity index (χ4n) is 7.30. The summed E-state index contributed by atoms with van der Waals surface area (Å²) in [6.45, 7) is 4.44. The average Bonchev–Trinajstić information content (AvgIpc) is 3.50. The molecule has 7 aromatic carbocycles. The maximum Gasteiger partial charge on any atom is 0.143 e. The van der Waals surface area contributed by atoms with Gasteiger partial charge in [-0.25, -0.2) is 4.98 Å². The van der Waals surface area contributed by atoms with E-state index < -0.39 is 0 Å². The second-order valence-electron chi connectivity index (χ2n) is 12.2. The van der Waals surface area contributed by atoms with Crippen molar-refractivity contribution in [3.63, 3.8) is 0 Å². The Morgan fingerprint density at radius 1 is 0.500 bits per heavy atom. The molecule has 0 N–H and O–H groups in total. The van der Waals surface area contributed by atoms with Crippen molar-refractivity contribution in [3.8, 4) is 33.6 Å². The van der Waals surface area contributed by atoms with Crippen LogP contribution in [0.1, 0.15) is 18.1 Å². The van der Waals surface area contributed by atoms with Gasteiger partial charge in [0.25, 0.3) is 0 Å². The summed E-state index contributed by atoms with van der Waals surface area (Å²) in [4.78, 5) is 5.40. The Bertz CT molecular complexity index is 2640. The lowest BCUT2D eigenvalue weighted by molar-refractivity contribution is 0.670. The molecular weight excluding hydrogens is 558 g/mol. The van der Waals surface area contributed by atoms with Crippen LogP contribution in [0.15, 0.2) is 144 Å². The minimum atomic E-state index is 0.909. The highest BCUT2D eigenvalue weighted by Gasteiger charge is 2.17. The van der Waals surface area contributed by atoms with E-state index in [9.17, 15) is 0 Å². The van der Waals surface area contributed by atoms with E-state index in [1.54, 1.807) is 0 Å². The van der Waals surface area contributed by atoms with Crippen LogP contribution in [-0.4, -0.2) is 4.98 Å². The number of benzene rings is 7. The smallest absolute Gasteiger partial charge is 0.143 e. The number of nitrogens with zero attached hydrogens (tertiary/aromatic N) is 1. The van der Waals surface area contributed by atoms with Crippen molar-refractivity contribution in [3.05, 3.63) is 151 Å². The normalized spacial score (nSPS) is 11.8. The molecule has 0 saturated carbocycles. The first-order chi connectivity index (χ1) is 22.7. The highest BCUT2D eigenvalue weighted by atomic mass is 16.3. The molecule has 0 amide bonds. The Morgan fingerprint density at radius 2 is 1.11 bits per heavy atom. The molecule has 0 spiro atoms. The van der Waals surface area contributed by atoms with Crippen molar-refractivity contribution < 1.29 is 4.42 Å². The lowest BCUT2D eigenvalue weighted by Gasteiger charge is -2.16. The Morgan fingerprint density at radius 3 is 1.85 bits per heavy atom. The summed E-state index contributed by atoms with van der Waals surface area (Å²) in [5.74, 6) is 0. The molecule has 218 valence electrons. The number of furan rings is 1. The molecule has 0 atom stereocenters. The molecule has 0 aliphatic heterocycles. The molecule has 2 aromatic heterocycles. The molecule has 0 saturated heterocycles. The number of aryl methyl sites for hydroxylation is 2. The van der Waals surface area contributed by atoms with Crippen molar-refractivity contribution >= 4 is 54.3 Å². The maximum absolute atomic E-state index is 6.38. The van der Waals surface area contributed by atoms with E-state index in [1.165, 1.54) is 49.0 Å². The fourth-order valence-corrected chi connectivity index (χ4v) is 7.30. The van der Waals surface area contributed by atoms with Crippen molar-refractivity contribution in [1.82, 2.24) is 4.98 Å². The Balaban J connectivity index is 1.22. The molecule has 0 aliphatic rings. The van der Waals surface area contributed by atoms with Crippen molar-refractivity contribution in [1.29, 1.82) is 0 Å². The van der Waals surface area contributed by atoms with Gasteiger partial charge in [0.15, 0.2) is 0 Å². The number of rotatable bonds is 4. The van der Waals surface area contributed by atoms with E-state index in [0.717, 1.165) is 56.4 Å². The van der Waals surface area contributed by atoms with Crippen LogP contribution in [0.25, 0.3) is 87.9 Å². The van der Waals surface area contributed by atoms with Crippen LogP contribution in [0.2, 0.25) is 0 Å². The van der Waals surface area contributed by atoms with Gasteiger partial charge in [-0.3, -0.25) is 0 Å². The summed E-state index contributed by atoms with van der Waals surface area (Å²) >= 11 is 0. The summed E-state index contributed by atoms with van der Waals surface area (Å²) in [6.07, 6.45) is 0.909. The number of hydrogen-bond donors (Lipinski definition) is 0. The topological polar surface area (TPSA) is 26.0 Å². The molecule has 0 aliphatic carbocycles. The van der Waals surface area contributed by atoms with Gasteiger partial charge in [0.1, 0.15) is 11.2 Å². The van der Waals surface area contributed by atoms with Crippen molar-refractivity contribution in [2.24, 2.45) is 0 Å². The van der Waals surface area contributed by atoms with E-state index in [2.05, 4.69) is 141 Å². The van der Waals surface area contributed by atoms with E-state index in [1.807, 2.05) is 12.1 Å². The molecule has 2 nitrogen and oxygen atoms in total. The van der Waals surface area contributed by atoms with Gasteiger partial charge in [0.2, 0.25) is 0 Å². The SMILES string of the molecule is CCc1ccc(-c2cccc(-c3cccc4c3oc3ccccc34)c2)nc1-c1cc2c3ccccc3c3ccccc3c2cc1C. The van der Waals surface area contributed by atoms with Crippen molar-refractivity contribution in [2.75, 3.05) is 0 Å². The summed E-state index contributed by atoms with van der Waals surface area (Å²) in [5.41, 5.74) is 10.8. The third-order valence-corrected chi connectivity index (χ3v) is 9.58. The van der Waals surface area contributed by atoms with E-state index in [4.69, 9.17) is 9.40 Å². The van der Waals surface area contributed by atoms with Gasteiger partial charge in [-0.15, -0.1) is 0 Å². The van der Waals surface area contributed by atoms with Crippen LogP contribution in [0.5, 0.6) is 0 Å². The molecule has 9 rings (SSSR count). The van der Waals surface area contributed by atoms with Crippen LogP contribution < -0.4 is 0 Å². The standard InChI is InChI=1S/C44H31NO/c1-3-28-22-23-41(30-13-10-12-29(25-30)31-19-11-20-37-36-18-8-9-21-42(36)46-44(31)37)45-43(28)38-26-40-35-17-7-5-15-33(35)32-14-4-6-16-34(32)39(40)24-27(38)2/h4-26H,3H2,1-2H3. The highest BCUT2D eigenvalue weighted by molar-refractivity contribution is 6.26. The summed E-state index contributed by atoms with van der Waals surface area (Å²) < 4.78 is 6.38. The number of fused-ring (bicyclic) bond motifs is 9. The molecule has 46 heavy (non-hydrogen) atoms. The Labute approximate surface area is 267 Å². The number of aromatic nitrogens is 1. The van der Waals surface area contributed by atoms with Crippen LogP contribution in [-0.2, 0) is 6.42 Å². The van der Waals surface area contributed by atoms with E-state index >= 15 is 0 Å². The summed E-state index contributed by atoms with van der Waals surface area (Å²) in [5, 5.41) is 9.99. The quantitative estimate of drug-likeness (QED) is 0.191. The predicted molar refractivity (Wildman–Crippen MR) is 194 cm³/mol. The zero-order valence-electron chi connectivity index (χ0n) is 25.8. The van der Waals surface area contributed by atoms with Gasteiger partial charge in [-0.2, -0.15) is 0 Å². The number of para-hydroxylation sites is 2. The van der Waals surface area contributed by atoms with Gasteiger partial charge in [0, 0.05) is 27.5 Å². The first kappa shape index (κ1) is 26.7. The predicted octanol–water partition coefficient (Wildman–Crippen LogP) is 12.3. The average molecular weight is 590 g/mol. The second-order valence-corrected chi connectivity index (χ2v) is 12.2. The van der Waals surface area contributed by atoms with Gasteiger partial charge in [-0.05, 0) is 86.6 Å². The molecule has 9 aromatic rings. The molecule has 2 heteroatoms. The van der Waals surface area contributed by atoms with Crippen molar-refractivity contribution in [2.45, 2.75) is 20.3 Å². The zero-order chi connectivity index (χ0) is 30.8. The molecular formula is C44H31NO. The largest absolute Gasteiger partial charge is 0.455 e. The van der Waals surface area contributed by atoms with Crippen LogP contribution in [0.3, 0.4) is 0 Å². The van der Waals surface area contributed by atoms with E-state index in [0.29, 0.717) is 0 Å². The molecule has 0 radical (unpaired) electrons. The first-order valence-electron chi connectivity index (χ1n) is 16.0. The fraction of sp³-hybridized carbons (Fsp3) is 0.0682. The van der Waals surface area contributed by atoms with Gasteiger partial charge in [0.05, 0.1) is 11.4 Å². The molecule has 0 unspecified atom stereocenters. The lowest BCUT2D eigenvalue weighted by atomic mass is 9.89. The van der Waals surface area contributed by atoms with Gasteiger partial charge in [-0.1, -0.05) is 122 Å². The monoisotopic (exact) mass is 589 g/mol. The van der Waals surface area contributed by atoms with Crippen LogP contribution in [0.4, 0.5) is 0 Å². The van der Waals surface area contributed by atoms with Gasteiger partial charge >= 0.3 is 0 Å². The highest BCUT2D eigenvalue weighted by Crippen LogP contribution is 2.40. The molecule has 2 heterocycles. The Kier molecular flexibility index (Phi) is 6.04. The third kappa shape index (κ3) is 4.07. The third-order valence-electron chi connectivity index (χ3n) is 9.58. The summed E-state index contributed by atoms with van der Waals surface area (Å²) in [6, 6.07) is 50.1. The summed E-state index contributed by atoms with van der Waals surface area (Å²) in [7, 11) is 0. The molecule has 0 fully saturated rings. The lowest BCUT2D eigenvalue weighted by Crippen LogP contribution is -1.97. The number of pyridine rings is 1. The van der Waals surface area contributed by atoms with Crippen LogP contribution in [0, 0.1) is 6.92 Å². The van der Waals surface area contributed by atoms with E-state index in [-0.39, 0.29) is 0 Å². The minimum Gasteiger partial charge on any atom is -0.455 e. The first-order valence-corrected chi connectivity index (χ1v) is 16.0. The van der Waals surface area contributed by atoms with Crippen LogP contribution >= 0.6 is 0 Å². The Hall–Kier alpha value is -5.73. The number of hydrogen-bond acceptors (Lipinski definition) is 2.